The van der Waals surface area contributed by atoms with Gasteiger partial charge in [0.15, 0.2) is 11.6 Å². The van der Waals surface area contributed by atoms with Crippen molar-refractivity contribution >= 4 is 29.1 Å². The van der Waals surface area contributed by atoms with Crippen LogP contribution in [0.25, 0.3) is 0 Å². The van der Waals surface area contributed by atoms with Crippen LogP contribution in [0.3, 0.4) is 0 Å². The van der Waals surface area contributed by atoms with E-state index in [0.717, 1.165) is 0 Å². The average molecular weight is 370 g/mol. The van der Waals surface area contributed by atoms with Crippen LogP contribution < -0.4 is 11.1 Å². The Morgan fingerprint density at radius 1 is 0.679 bits per heavy atom. The van der Waals surface area contributed by atoms with Gasteiger partial charge in [0, 0.05) is 16.7 Å². The highest BCUT2D eigenvalue weighted by Gasteiger charge is 2.31. The van der Waals surface area contributed by atoms with Crippen molar-refractivity contribution in [1.82, 2.24) is 0 Å². The Hall–Kier alpha value is -4.06. The molecule has 3 aromatic carbocycles. The number of carbonyl (C=O) groups excluding carboxylic acids is 4. The van der Waals surface area contributed by atoms with Gasteiger partial charge < -0.3 is 11.1 Å². The third-order valence-electron chi connectivity index (χ3n) is 4.64. The summed E-state index contributed by atoms with van der Waals surface area (Å²) in [6.07, 6.45) is 0. The van der Waals surface area contributed by atoms with Crippen LogP contribution in [0.5, 0.6) is 0 Å². The SMILES string of the molecule is NC(=O)c1ccccc1C(=O)Nc1cccc2c1C(=O)c1ccccc1C2=O. The number of hydrogen-bond acceptors (Lipinski definition) is 4. The van der Waals surface area contributed by atoms with E-state index >= 15 is 0 Å². The second-order valence-corrected chi connectivity index (χ2v) is 6.30. The van der Waals surface area contributed by atoms with E-state index in [1.165, 1.54) is 12.1 Å². The molecule has 1 aliphatic rings. The first-order valence-corrected chi connectivity index (χ1v) is 8.50. The smallest absolute Gasteiger partial charge is 0.256 e. The van der Waals surface area contributed by atoms with Gasteiger partial charge in [0.05, 0.1) is 22.4 Å². The van der Waals surface area contributed by atoms with Gasteiger partial charge in [-0.1, -0.05) is 48.5 Å². The zero-order valence-corrected chi connectivity index (χ0v) is 14.6. The third-order valence-corrected chi connectivity index (χ3v) is 4.64. The fourth-order valence-electron chi connectivity index (χ4n) is 3.33. The maximum Gasteiger partial charge on any atom is 0.256 e. The van der Waals surface area contributed by atoms with Crippen molar-refractivity contribution in [2.45, 2.75) is 0 Å². The van der Waals surface area contributed by atoms with E-state index in [-0.39, 0.29) is 39.5 Å². The number of anilines is 1. The topological polar surface area (TPSA) is 106 Å². The molecule has 0 aliphatic heterocycles. The van der Waals surface area contributed by atoms with Gasteiger partial charge in [0.2, 0.25) is 5.91 Å². The number of rotatable bonds is 3. The van der Waals surface area contributed by atoms with Crippen LogP contribution in [-0.2, 0) is 0 Å². The van der Waals surface area contributed by atoms with Crippen molar-refractivity contribution in [2.24, 2.45) is 5.73 Å². The second-order valence-electron chi connectivity index (χ2n) is 6.30. The van der Waals surface area contributed by atoms with E-state index in [1.807, 2.05) is 0 Å². The lowest BCUT2D eigenvalue weighted by Gasteiger charge is -2.20. The minimum Gasteiger partial charge on any atom is -0.366 e. The predicted molar refractivity (Wildman–Crippen MR) is 103 cm³/mol. The lowest BCUT2D eigenvalue weighted by Crippen LogP contribution is -2.25. The number of primary amides is 1. The molecule has 3 aromatic rings. The highest BCUT2D eigenvalue weighted by Crippen LogP contribution is 2.32. The standard InChI is InChI=1S/C22H14N2O4/c23-21(27)14-8-3-4-9-15(14)22(28)24-17-11-5-10-16-18(17)20(26)13-7-2-1-6-12(13)19(16)25/h1-11H,(H2,23,27)(H,24,28). The summed E-state index contributed by atoms with van der Waals surface area (Å²) in [4.78, 5) is 50.1. The maximum atomic E-state index is 13.0. The number of benzene rings is 3. The molecule has 136 valence electrons. The predicted octanol–water partition coefficient (Wildman–Crippen LogP) is 2.81. The molecule has 0 spiro atoms. The van der Waals surface area contributed by atoms with Crippen LogP contribution in [0, 0.1) is 0 Å². The zero-order chi connectivity index (χ0) is 19.8. The zero-order valence-electron chi connectivity index (χ0n) is 14.6. The van der Waals surface area contributed by atoms with Crippen LogP contribution in [0.2, 0.25) is 0 Å². The lowest BCUT2D eigenvalue weighted by atomic mass is 9.83. The van der Waals surface area contributed by atoms with Crippen molar-refractivity contribution in [2.75, 3.05) is 5.32 Å². The molecule has 0 saturated carbocycles. The summed E-state index contributed by atoms with van der Waals surface area (Å²) in [5.74, 6) is -1.95. The third kappa shape index (κ3) is 2.68. The van der Waals surface area contributed by atoms with Gasteiger partial charge in [-0.3, -0.25) is 19.2 Å². The molecule has 6 nitrogen and oxygen atoms in total. The summed E-state index contributed by atoms with van der Waals surface area (Å²) in [5.41, 5.74) is 6.68. The lowest BCUT2D eigenvalue weighted by molar-refractivity contribution is 0.0974. The molecular formula is C22H14N2O4. The van der Waals surface area contributed by atoms with Crippen LogP contribution in [0.15, 0.2) is 66.7 Å². The summed E-state index contributed by atoms with van der Waals surface area (Å²) < 4.78 is 0. The van der Waals surface area contributed by atoms with Crippen LogP contribution >= 0.6 is 0 Å². The molecule has 0 bridgehead atoms. The van der Waals surface area contributed by atoms with E-state index in [0.29, 0.717) is 11.1 Å². The molecule has 0 fully saturated rings. The van der Waals surface area contributed by atoms with E-state index in [2.05, 4.69) is 5.32 Å². The van der Waals surface area contributed by atoms with Crippen LogP contribution in [-0.4, -0.2) is 23.4 Å². The maximum absolute atomic E-state index is 13.0. The Morgan fingerprint density at radius 2 is 1.25 bits per heavy atom. The van der Waals surface area contributed by atoms with Crippen molar-refractivity contribution in [3.63, 3.8) is 0 Å². The summed E-state index contributed by atoms with van der Waals surface area (Å²) >= 11 is 0. The van der Waals surface area contributed by atoms with Gasteiger partial charge in [0.25, 0.3) is 5.91 Å². The summed E-state index contributed by atoms with van der Waals surface area (Å²) in [5, 5.41) is 2.64. The van der Waals surface area contributed by atoms with Crippen molar-refractivity contribution in [1.29, 1.82) is 0 Å². The highest BCUT2D eigenvalue weighted by molar-refractivity contribution is 6.30. The molecular weight excluding hydrogens is 356 g/mol. The summed E-state index contributed by atoms with van der Waals surface area (Å²) in [6, 6.07) is 17.4. The number of hydrogen-bond donors (Lipinski definition) is 2. The monoisotopic (exact) mass is 370 g/mol. The van der Waals surface area contributed by atoms with E-state index in [1.54, 1.807) is 54.6 Å². The molecule has 0 heterocycles. The molecule has 0 aromatic heterocycles. The first-order chi connectivity index (χ1) is 13.5. The quantitative estimate of drug-likeness (QED) is 0.578. The van der Waals surface area contributed by atoms with E-state index in [4.69, 9.17) is 5.73 Å². The van der Waals surface area contributed by atoms with Crippen molar-refractivity contribution in [3.05, 3.63) is 100 Å². The summed E-state index contributed by atoms with van der Waals surface area (Å²) in [6.45, 7) is 0. The van der Waals surface area contributed by atoms with Crippen molar-refractivity contribution in [3.8, 4) is 0 Å². The number of carbonyl (C=O) groups is 4. The molecule has 2 amide bonds. The molecule has 4 rings (SSSR count). The second kappa shape index (κ2) is 6.59. The Balaban J connectivity index is 1.78. The number of nitrogens with two attached hydrogens (primary N) is 1. The van der Waals surface area contributed by atoms with Crippen LogP contribution in [0.4, 0.5) is 5.69 Å². The first-order valence-electron chi connectivity index (χ1n) is 8.50. The van der Waals surface area contributed by atoms with Crippen molar-refractivity contribution < 1.29 is 19.2 Å². The normalized spacial score (nSPS) is 12.1. The van der Waals surface area contributed by atoms with E-state index < -0.39 is 11.8 Å². The fourth-order valence-corrected chi connectivity index (χ4v) is 3.33. The van der Waals surface area contributed by atoms with Gasteiger partial charge in [-0.25, -0.2) is 0 Å². The molecule has 1 aliphatic carbocycles. The highest BCUT2D eigenvalue weighted by atomic mass is 16.2. The first kappa shape index (κ1) is 17.4. The van der Waals surface area contributed by atoms with Gasteiger partial charge >= 0.3 is 0 Å². The number of ketones is 2. The molecule has 0 radical (unpaired) electrons. The number of nitrogens with one attached hydrogen (secondary N) is 1. The Morgan fingerprint density at radius 3 is 1.93 bits per heavy atom. The van der Waals surface area contributed by atoms with E-state index in [9.17, 15) is 19.2 Å². The minimum atomic E-state index is -0.735. The largest absolute Gasteiger partial charge is 0.366 e. The Bertz CT molecular complexity index is 1180. The number of amides is 2. The number of fused-ring (bicyclic) bond motifs is 2. The van der Waals surface area contributed by atoms with Gasteiger partial charge in [0.1, 0.15) is 0 Å². The van der Waals surface area contributed by atoms with Gasteiger partial charge in [-0.05, 0) is 18.2 Å². The molecule has 0 saturated heterocycles. The Labute approximate surface area is 160 Å². The van der Waals surface area contributed by atoms with Gasteiger partial charge in [-0.2, -0.15) is 0 Å². The fraction of sp³-hybridized carbons (Fsp3) is 0. The molecule has 3 N–H and O–H groups in total. The molecule has 6 heteroatoms. The Kier molecular flexibility index (Phi) is 4.08. The molecule has 0 atom stereocenters. The summed E-state index contributed by atoms with van der Waals surface area (Å²) in [7, 11) is 0. The van der Waals surface area contributed by atoms with Crippen LogP contribution in [0.1, 0.15) is 52.6 Å². The molecule has 0 unspecified atom stereocenters. The minimum absolute atomic E-state index is 0.0672. The average Bonchev–Trinajstić information content (AvgIpc) is 2.72. The van der Waals surface area contributed by atoms with Gasteiger partial charge in [-0.15, -0.1) is 0 Å². The molecule has 28 heavy (non-hydrogen) atoms.